The van der Waals surface area contributed by atoms with Gasteiger partial charge in [0.15, 0.2) is 0 Å². The molecule has 3 aromatic rings. The summed E-state index contributed by atoms with van der Waals surface area (Å²) in [6.45, 7) is 8.65. The Kier molecular flexibility index (Phi) is 3.76. The van der Waals surface area contributed by atoms with Crippen molar-refractivity contribution in [1.82, 2.24) is 4.98 Å². The van der Waals surface area contributed by atoms with E-state index < -0.39 is 0 Å². The lowest BCUT2D eigenvalue weighted by atomic mass is 9.95. The lowest BCUT2D eigenvalue weighted by Gasteiger charge is -2.11. The van der Waals surface area contributed by atoms with Crippen LogP contribution in [0.2, 0.25) is 0 Å². The van der Waals surface area contributed by atoms with Crippen molar-refractivity contribution in [2.24, 2.45) is 0 Å². The minimum atomic E-state index is 0.791. The first-order valence-electron chi connectivity index (χ1n) is 7.77. The summed E-state index contributed by atoms with van der Waals surface area (Å²) in [6, 6.07) is 14.5. The molecule has 0 aliphatic rings. The van der Waals surface area contributed by atoms with Crippen molar-refractivity contribution >= 4 is 22.2 Å². The van der Waals surface area contributed by atoms with E-state index in [1.807, 2.05) is 12.1 Å². The van der Waals surface area contributed by atoms with E-state index in [0.29, 0.717) is 0 Å². The van der Waals surface area contributed by atoms with Crippen LogP contribution in [0.4, 0.5) is 5.69 Å². The number of H-pyrrole nitrogens is 1. The molecular weight excluding hydrogens is 268 g/mol. The SMILES string of the molecule is C=C(c1ccc(N)cc1C)c1[nH]c2ccccc2c1CCC. The molecule has 0 aliphatic heterocycles. The number of fused-ring (bicyclic) bond motifs is 1. The third kappa shape index (κ3) is 2.41. The lowest BCUT2D eigenvalue weighted by molar-refractivity contribution is 0.925. The molecule has 0 amide bonds. The molecule has 0 aliphatic carbocycles. The average Bonchev–Trinajstić information content (AvgIpc) is 2.86. The second kappa shape index (κ2) is 5.72. The van der Waals surface area contributed by atoms with Gasteiger partial charge in [-0.05, 0) is 53.8 Å². The molecule has 3 rings (SSSR count). The summed E-state index contributed by atoms with van der Waals surface area (Å²) in [6.07, 6.45) is 2.16. The average molecular weight is 290 g/mol. The van der Waals surface area contributed by atoms with E-state index in [2.05, 4.69) is 55.7 Å². The molecule has 22 heavy (non-hydrogen) atoms. The van der Waals surface area contributed by atoms with Gasteiger partial charge in [0.05, 0.1) is 0 Å². The Morgan fingerprint density at radius 3 is 2.68 bits per heavy atom. The Balaban J connectivity index is 2.16. The minimum Gasteiger partial charge on any atom is -0.399 e. The highest BCUT2D eigenvalue weighted by molar-refractivity contribution is 5.92. The van der Waals surface area contributed by atoms with Crippen molar-refractivity contribution in [2.45, 2.75) is 26.7 Å². The number of aromatic amines is 1. The fourth-order valence-corrected chi connectivity index (χ4v) is 3.13. The van der Waals surface area contributed by atoms with Crippen molar-refractivity contribution in [2.75, 3.05) is 5.73 Å². The van der Waals surface area contributed by atoms with E-state index in [1.54, 1.807) is 0 Å². The zero-order valence-electron chi connectivity index (χ0n) is 13.2. The number of hydrogen-bond donors (Lipinski definition) is 2. The number of para-hydroxylation sites is 1. The van der Waals surface area contributed by atoms with Gasteiger partial charge in [-0.25, -0.2) is 0 Å². The maximum atomic E-state index is 5.87. The van der Waals surface area contributed by atoms with Gasteiger partial charge in [0.25, 0.3) is 0 Å². The summed E-state index contributed by atoms with van der Waals surface area (Å²) in [7, 11) is 0. The first-order valence-corrected chi connectivity index (χ1v) is 7.77. The Hall–Kier alpha value is -2.48. The van der Waals surface area contributed by atoms with Gasteiger partial charge in [0.2, 0.25) is 0 Å². The summed E-state index contributed by atoms with van der Waals surface area (Å²) in [5, 5.41) is 1.30. The van der Waals surface area contributed by atoms with E-state index in [4.69, 9.17) is 5.73 Å². The van der Waals surface area contributed by atoms with Gasteiger partial charge < -0.3 is 10.7 Å². The fourth-order valence-electron chi connectivity index (χ4n) is 3.13. The van der Waals surface area contributed by atoms with E-state index in [0.717, 1.165) is 40.9 Å². The van der Waals surface area contributed by atoms with E-state index in [1.165, 1.54) is 16.5 Å². The molecule has 112 valence electrons. The predicted octanol–water partition coefficient (Wildman–Crippen LogP) is 5.07. The van der Waals surface area contributed by atoms with Gasteiger partial charge in [0, 0.05) is 22.3 Å². The van der Waals surface area contributed by atoms with Crippen LogP contribution in [0, 0.1) is 6.92 Å². The Morgan fingerprint density at radius 1 is 1.18 bits per heavy atom. The molecule has 0 atom stereocenters. The largest absolute Gasteiger partial charge is 0.399 e. The van der Waals surface area contributed by atoms with Crippen molar-refractivity contribution in [3.8, 4) is 0 Å². The highest BCUT2D eigenvalue weighted by atomic mass is 14.7. The number of hydrogen-bond acceptors (Lipinski definition) is 1. The van der Waals surface area contributed by atoms with Gasteiger partial charge in [-0.3, -0.25) is 0 Å². The second-order valence-corrected chi connectivity index (χ2v) is 5.83. The van der Waals surface area contributed by atoms with Crippen LogP contribution >= 0.6 is 0 Å². The Bertz CT molecular complexity index is 840. The Morgan fingerprint density at radius 2 is 1.95 bits per heavy atom. The normalized spacial score (nSPS) is 11.0. The van der Waals surface area contributed by atoms with E-state index >= 15 is 0 Å². The predicted molar refractivity (Wildman–Crippen MR) is 96.0 cm³/mol. The molecule has 2 aromatic carbocycles. The maximum Gasteiger partial charge on any atom is 0.0497 e. The number of aryl methyl sites for hydroxylation is 2. The van der Waals surface area contributed by atoms with E-state index in [-0.39, 0.29) is 0 Å². The lowest BCUT2D eigenvalue weighted by Crippen LogP contribution is -1.96. The maximum absolute atomic E-state index is 5.87. The molecule has 0 saturated heterocycles. The summed E-state index contributed by atoms with van der Waals surface area (Å²) in [4.78, 5) is 3.56. The Labute approximate surface area is 131 Å². The number of nitrogen functional groups attached to an aromatic ring is 1. The smallest absolute Gasteiger partial charge is 0.0497 e. The molecular formula is C20H22N2. The van der Waals surface area contributed by atoms with Crippen LogP contribution < -0.4 is 5.73 Å². The molecule has 0 bridgehead atoms. The van der Waals surface area contributed by atoms with Crippen LogP contribution in [0.3, 0.4) is 0 Å². The molecule has 0 fully saturated rings. The first-order chi connectivity index (χ1) is 10.6. The summed E-state index contributed by atoms with van der Waals surface area (Å²) >= 11 is 0. The van der Waals surface area contributed by atoms with Gasteiger partial charge in [-0.2, -0.15) is 0 Å². The third-order valence-corrected chi connectivity index (χ3v) is 4.19. The number of nitrogens with two attached hydrogens (primary N) is 1. The van der Waals surface area contributed by atoms with Crippen LogP contribution in [-0.2, 0) is 6.42 Å². The second-order valence-electron chi connectivity index (χ2n) is 5.83. The molecule has 3 N–H and O–H groups in total. The minimum absolute atomic E-state index is 0.791. The van der Waals surface area contributed by atoms with Gasteiger partial charge in [-0.1, -0.05) is 44.2 Å². The quantitative estimate of drug-likeness (QED) is 0.647. The monoisotopic (exact) mass is 290 g/mol. The van der Waals surface area contributed by atoms with Crippen LogP contribution in [0.15, 0.2) is 49.0 Å². The molecule has 2 heteroatoms. The van der Waals surface area contributed by atoms with Crippen molar-refractivity contribution < 1.29 is 0 Å². The molecule has 0 unspecified atom stereocenters. The zero-order chi connectivity index (χ0) is 15.7. The number of anilines is 1. The van der Waals surface area contributed by atoms with Crippen LogP contribution in [0.25, 0.3) is 16.5 Å². The summed E-state index contributed by atoms with van der Waals surface area (Å²) < 4.78 is 0. The number of aromatic nitrogens is 1. The topological polar surface area (TPSA) is 41.8 Å². The van der Waals surface area contributed by atoms with Crippen molar-refractivity contribution in [1.29, 1.82) is 0 Å². The fraction of sp³-hybridized carbons (Fsp3) is 0.200. The first kappa shape index (κ1) is 14.5. The highest BCUT2D eigenvalue weighted by Gasteiger charge is 2.15. The van der Waals surface area contributed by atoms with E-state index in [9.17, 15) is 0 Å². The van der Waals surface area contributed by atoms with Crippen LogP contribution in [0.1, 0.15) is 35.7 Å². The molecule has 2 nitrogen and oxygen atoms in total. The third-order valence-electron chi connectivity index (χ3n) is 4.19. The van der Waals surface area contributed by atoms with Gasteiger partial charge in [-0.15, -0.1) is 0 Å². The van der Waals surface area contributed by atoms with Crippen LogP contribution in [-0.4, -0.2) is 4.98 Å². The highest BCUT2D eigenvalue weighted by Crippen LogP contribution is 2.32. The number of rotatable bonds is 4. The molecule has 1 aromatic heterocycles. The zero-order valence-corrected chi connectivity index (χ0v) is 13.2. The molecule has 1 heterocycles. The van der Waals surface area contributed by atoms with Crippen molar-refractivity contribution in [3.05, 3.63) is 71.4 Å². The molecule has 0 saturated carbocycles. The summed E-state index contributed by atoms with van der Waals surface area (Å²) in [5.74, 6) is 0. The standard InChI is InChI=1S/C20H22N2/c1-4-7-18-17-8-5-6-9-19(17)22-20(18)14(3)16-11-10-15(21)12-13(16)2/h5-6,8-12,22H,3-4,7,21H2,1-2H3. The van der Waals surface area contributed by atoms with Gasteiger partial charge >= 0.3 is 0 Å². The number of benzene rings is 2. The molecule has 0 spiro atoms. The summed E-state index contributed by atoms with van der Waals surface area (Å²) in [5.41, 5.74) is 13.7. The molecule has 0 radical (unpaired) electrons. The van der Waals surface area contributed by atoms with Crippen molar-refractivity contribution in [3.63, 3.8) is 0 Å². The number of nitrogens with one attached hydrogen (secondary N) is 1. The van der Waals surface area contributed by atoms with Gasteiger partial charge in [0.1, 0.15) is 0 Å². The van der Waals surface area contributed by atoms with Crippen LogP contribution in [0.5, 0.6) is 0 Å².